The predicted octanol–water partition coefficient (Wildman–Crippen LogP) is 3.56. The van der Waals surface area contributed by atoms with E-state index in [4.69, 9.17) is 0 Å². The first-order valence-electron chi connectivity index (χ1n) is 5.53. The highest BCUT2D eigenvalue weighted by molar-refractivity contribution is 9.08. The Balaban J connectivity index is 2.22. The van der Waals surface area contributed by atoms with Gasteiger partial charge in [0.2, 0.25) is 0 Å². The van der Waals surface area contributed by atoms with Crippen molar-refractivity contribution < 1.29 is 8.42 Å². The fourth-order valence-corrected chi connectivity index (χ4v) is 3.40. The second-order valence-electron chi connectivity index (χ2n) is 4.02. The molecule has 0 saturated heterocycles. The Hall–Kier alpha value is -1.13. The summed E-state index contributed by atoms with van der Waals surface area (Å²) in [6.07, 6.45) is 0. The second-order valence-corrected chi connectivity index (χ2v) is 6.57. The van der Waals surface area contributed by atoms with Crippen molar-refractivity contribution in [2.75, 3.05) is 0 Å². The van der Waals surface area contributed by atoms with Crippen molar-refractivity contribution in [2.45, 2.75) is 16.0 Å². The van der Waals surface area contributed by atoms with Crippen LogP contribution in [0.5, 0.6) is 0 Å². The first kappa shape index (κ1) is 13.3. The van der Waals surface area contributed by atoms with Crippen molar-refractivity contribution in [3.05, 3.63) is 65.7 Å². The summed E-state index contributed by atoms with van der Waals surface area (Å²) in [6, 6.07) is 16.1. The third-order valence-corrected chi connectivity index (χ3v) is 4.99. The average molecular weight is 325 g/mol. The zero-order valence-corrected chi connectivity index (χ0v) is 12.1. The Morgan fingerprint density at radius 2 is 1.39 bits per heavy atom. The number of halogens is 1. The van der Waals surface area contributed by atoms with Gasteiger partial charge in [-0.3, -0.25) is 0 Å². The molecule has 0 unspecified atom stereocenters. The highest BCUT2D eigenvalue weighted by Crippen LogP contribution is 2.17. The number of hydrogen-bond donors (Lipinski definition) is 0. The van der Waals surface area contributed by atoms with Crippen LogP contribution < -0.4 is 0 Å². The molecule has 0 aliphatic rings. The van der Waals surface area contributed by atoms with Crippen LogP contribution in [0.25, 0.3) is 0 Å². The van der Waals surface area contributed by atoms with Crippen molar-refractivity contribution in [3.63, 3.8) is 0 Å². The van der Waals surface area contributed by atoms with Gasteiger partial charge in [0.15, 0.2) is 9.84 Å². The summed E-state index contributed by atoms with van der Waals surface area (Å²) in [7, 11) is -3.24. The van der Waals surface area contributed by atoms with E-state index in [1.807, 2.05) is 30.3 Å². The summed E-state index contributed by atoms with van der Waals surface area (Å²) < 4.78 is 24.3. The maximum Gasteiger partial charge on any atom is 0.182 e. The van der Waals surface area contributed by atoms with Gasteiger partial charge in [-0.15, -0.1) is 0 Å². The summed E-state index contributed by atoms with van der Waals surface area (Å²) in [5, 5.41) is 0.777. The third kappa shape index (κ3) is 3.21. The zero-order valence-electron chi connectivity index (χ0n) is 9.71. The van der Waals surface area contributed by atoms with Gasteiger partial charge in [0.1, 0.15) is 0 Å². The van der Waals surface area contributed by atoms with Crippen LogP contribution in [0.2, 0.25) is 0 Å². The molecule has 2 nitrogen and oxygen atoms in total. The van der Waals surface area contributed by atoms with E-state index in [2.05, 4.69) is 15.9 Å². The summed E-state index contributed by atoms with van der Waals surface area (Å²) in [5.41, 5.74) is 1.94. The first-order valence-corrected chi connectivity index (χ1v) is 8.31. The van der Waals surface area contributed by atoms with E-state index < -0.39 is 9.84 Å². The highest BCUT2D eigenvalue weighted by Gasteiger charge is 2.14. The summed E-state index contributed by atoms with van der Waals surface area (Å²) in [6.45, 7) is 0. The summed E-state index contributed by atoms with van der Waals surface area (Å²) in [4.78, 5) is 0.370. The third-order valence-electron chi connectivity index (χ3n) is 2.64. The SMILES string of the molecule is O=S(=O)(Cc1ccc(CBr)cc1)c1ccccc1. The Kier molecular flexibility index (Phi) is 4.19. The quantitative estimate of drug-likeness (QED) is 0.806. The molecule has 2 rings (SSSR count). The van der Waals surface area contributed by atoms with Crippen molar-refractivity contribution in [1.82, 2.24) is 0 Å². The van der Waals surface area contributed by atoms with Crippen molar-refractivity contribution in [3.8, 4) is 0 Å². The van der Waals surface area contributed by atoms with Crippen molar-refractivity contribution in [1.29, 1.82) is 0 Å². The molecule has 0 N–H and O–H groups in total. The van der Waals surface area contributed by atoms with E-state index in [0.29, 0.717) is 4.90 Å². The molecule has 18 heavy (non-hydrogen) atoms. The molecule has 0 fully saturated rings. The second kappa shape index (κ2) is 5.67. The minimum atomic E-state index is -3.24. The normalized spacial score (nSPS) is 11.4. The maximum absolute atomic E-state index is 12.1. The number of hydrogen-bond acceptors (Lipinski definition) is 2. The van der Waals surface area contributed by atoms with Crippen molar-refractivity contribution >= 4 is 25.8 Å². The van der Waals surface area contributed by atoms with Gasteiger partial charge in [-0.05, 0) is 23.3 Å². The topological polar surface area (TPSA) is 34.1 Å². The fourth-order valence-electron chi connectivity index (χ4n) is 1.66. The van der Waals surface area contributed by atoms with Gasteiger partial charge >= 0.3 is 0 Å². The molecule has 0 radical (unpaired) electrons. The van der Waals surface area contributed by atoms with Crippen LogP contribution in [-0.4, -0.2) is 8.42 Å². The minimum absolute atomic E-state index is 0.0412. The molecule has 0 amide bonds. The molecule has 0 aliphatic carbocycles. The highest BCUT2D eigenvalue weighted by atomic mass is 79.9. The van der Waals surface area contributed by atoms with Crippen LogP contribution in [-0.2, 0) is 20.9 Å². The van der Waals surface area contributed by atoms with E-state index in [9.17, 15) is 8.42 Å². The minimum Gasteiger partial charge on any atom is -0.223 e. The molecule has 0 spiro atoms. The predicted molar refractivity (Wildman–Crippen MR) is 76.4 cm³/mol. The molecule has 0 atom stereocenters. The largest absolute Gasteiger partial charge is 0.223 e. The Morgan fingerprint density at radius 1 is 0.833 bits per heavy atom. The van der Waals surface area contributed by atoms with E-state index >= 15 is 0 Å². The molecule has 0 saturated carbocycles. The van der Waals surface area contributed by atoms with Crippen LogP contribution in [0.15, 0.2) is 59.5 Å². The van der Waals surface area contributed by atoms with Gasteiger partial charge in [0.05, 0.1) is 10.6 Å². The standard InChI is InChI=1S/C14H13BrO2S/c15-10-12-6-8-13(9-7-12)11-18(16,17)14-4-2-1-3-5-14/h1-9H,10-11H2. The lowest BCUT2D eigenvalue weighted by molar-refractivity contribution is 0.595. The molecular weight excluding hydrogens is 312 g/mol. The molecule has 2 aromatic rings. The fraction of sp³-hybridized carbons (Fsp3) is 0.143. The monoisotopic (exact) mass is 324 g/mol. The van der Waals surface area contributed by atoms with Crippen LogP contribution >= 0.6 is 15.9 Å². The molecule has 0 aromatic heterocycles. The van der Waals surface area contributed by atoms with Gasteiger partial charge in [0, 0.05) is 5.33 Å². The molecule has 0 bridgehead atoms. The van der Waals surface area contributed by atoms with Gasteiger partial charge < -0.3 is 0 Å². The Morgan fingerprint density at radius 3 is 1.94 bits per heavy atom. The number of benzene rings is 2. The molecule has 2 aromatic carbocycles. The van der Waals surface area contributed by atoms with Gasteiger partial charge in [-0.2, -0.15) is 0 Å². The number of alkyl halides is 1. The van der Waals surface area contributed by atoms with Crippen molar-refractivity contribution in [2.24, 2.45) is 0 Å². The smallest absolute Gasteiger partial charge is 0.182 e. The van der Waals surface area contributed by atoms with Gasteiger partial charge in [-0.25, -0.2) is 8.42 Å². The summed E-state index contributed by atoms with van der Waals surface area (Å²) >= 11 is 3.36. The lowest BCUT2D eigenvalue weighted by atomic mass is 10.2. The van der Waals surface area contributed by atoms with Crippen LogP contribution in [0, 0.1) is 0 Å². The van der Waals surface area contributed by atoms with Crippen LogP contribution in [0.1, 0.15) is 11.1 Å². The Labute approximate surface area is 116 Å². The zero-order chi connectivity index (χ0) is 13.0. The lowest BCUT2D eigenvalue weighted by Crippen LogP contribution is -2.04. The number of sulfone groups is 1. The van der Waals surface area contributed by atoms with E-state index in [-0.39, 0.29) is 5.75 Å². The van der Waals surface area contributed by atoms with Gasteiger partial charge in [-0.1, -0.05) is 58.4 Å². The molecule has 4 heteroatoms. The molecule has 94 valence electrons. The van der Waals surface area contributed by atoms with E-state index in [1.54, 1.807) is 24.3 Å². The molecular formula is C14H13BrO2S. The average Bonchev–Trinajstić information content (AvgIpc) is 2.40. The summed E-state index contributed by atoms with van der Waals surface area (Å²) in [5.74, 6) is 0.0412. The van der Waals surface area contributed by atoms with Crippen LogP contribution in [0.3, 0.4) is 0 Å². The first-order chi connectivity index (χ1) is 8.62. The maximum atomic E-state index is 12.1. The molecule has 0 heterocycles. The number of rotatable bonds is 4. The van der Waals surface area contributed by atoms with Crippen LogP contribution in [0.4, 0.5) is 0 Å². The van der Waals surface area contributed by atoms with E-state index in [1.165, 1.54) is 0 Å². The Bertz CT molecular complexity index is 604. The van der Waals surface area contributed by atoms with Gasteiger partial charge in [0.25, 0.3) is 0 Å². The lowest BCUT2D eigenvalue weighted by Gasteiger charge is -2.05. The molecule has 0 aliphatic heterocycles. The van der Waals surface area contributed by atoms with E-state index in [0.717, 1.165) is 16.5 Å².